The molecule has 6 nitrogen and oxygen atoms in total. The van der Waals surface area contributed by atoms with Crippen LogP contribution in [0.2, 0.25) is 0 Å². The molecule has 7 heteroatoms. The van der Waals surface area contributed by atoms with Crippen LogP contribution in [0.1, 0.15) is 30.1 Å². The van der Waals surface area contributed by atoms with Crippen LogP contribution in [0, 0.1) is 11.7 Å². The first-order valence-corrected chi connectivity index (χ1v) is 7.96. The number of carbonyl (C=O) groups excluding carboxylic acids is 2. The first-order valence-electron chi connectivity index (χ1n) is 7.96. The van der Waals surface area contributed by atoms with E-state index in [1.54, 1.807) is 11.8 Å². The van der Waals surface area contributed by atoms with Crippen molar-refractivity contribution in [1.29, 1.82) is 0 Å². The van der Waals surface area contributed by atoms with E-state index in [1.807, 2.05) is 0 Å². The molecular weight excluding hydrogens is 315 g/mol. The van der Waals surface area contributed by atoms with Crippen LogP contribution >= 0.6 is 0 Å². The lowest BCUT2D eigenvalue weighted by atomic mass is 9.95. The largest absolute Gasteiger partial charge is 0.465 e. The molecule has 24 heavy (non-hydrogen) atoms. The van der Waals surface area contributed by atoms with Crippen LogP contribution in [-0.2, 0) is 9.53 Å². The van der Waals surface area contributed by atoms with Gasteiger partial charge in [0.2, 0.25) is 0 Å². The Hall–Kier alpha value is -2.15. The second-order valence-corrected chi connectivity index (χ2v) is 6.79. The topological polar surface area (TPSA) is 78.9 Å². The second-order valence-electron chi connectivity index (χ2n) is 6.79. The van der Waals surface area contributed by atoms with Gasteiger partial charge in [-0.2, -0.15) is 0 Å². The molecule has 0 unspecified atom stereocenters. The molecule has 1 aromatic carbocycles. The molecule has 2 aliphatic rings. The predicted molar refractivity (Wildman–Crippen MR) is 86.8 cm³/mol. The van der Waals surface area contributed by atoms with Crippen LogP contribution in [0.25, 0.3) is 0 Å². The zero-order valence-electron chi connectivity index (χ0n) is 13.8. The fourth-order valence-corrected chi connectivity index (χ4v) is 2.91. The summed E-state index contributed by atoms with van der Waals surface area (Å²) < 4.78 is 18.8. The highest BCUT2D eigenvalue weighted by atomic mass is 19.1. The van der Waals surface area contributed by atoms with Gasteiger partial charge in [0.1, 0.15) is 5.82 Å². The summed E-state index contributed by atoms with van der Waals surface area (Å²) in [5.74, 6) is -1.24. The highest BCUT2D eigenvalue weighted by Crippen LogP contribution is 2.36. The third-order valence-electron chi connectivity index (χ3n) is 4.38. The van der Waals surface area contributed by atoms with Gasteiger partial charge >= 0.3 is 5.97 Å². The summed E-state index contributed by atoms with van der Waals surface area (Å²) in [6, 6.07) is 2.61. The predicted octanol–water partition coefficient (Wildman–Crippen LogP) is 1.57. The molecule has 1 saturated heterocycles. The van der Waals surface area contributed by atoms with E-state index >= 15 is 0 Å². The lowest BCUT2D eigenvalue weighted by molar-refractivity contribution is -0.118. The summed E-state index contributed by atoms with van der Waals surface area (Å²) in [5, 5.41) is 12.9. The number of hydrogen-bond acceptors (Lipinski definition) is 6. The molecule has 3 rings (SSSR count). The first-order chi connectivity index (χ1) is 11.3. The Morgan fingerprint density at radius 2 is 2.08 bits per heavy atom. The van der Waals surface area contributed by atoms with E-state index in [9.17, 15) is 19.1 Å². The van der Waals surface area contributed by atoms with Crippen molar-refractivity contribution in [3.8, 4) is 0 Å². The van der Waals surface area contributed by atoms with Crippen LogP contribution < -0.4 is 10.2 Å². The van der Waals surface area contributed by atoms with Crippen LogP contribution in [-0.4, -0.2) is 49.2 Å². The van der Waals surface area contributed by atoms with Crippen molar-refractivity contribution < 1.29 is 23.8 Å². The van der Waals surface area contributed by atoms with Crippen molar-refractivity contribution >= 4 is 23.1 Å². The number of rotatable bonds is 6. The van der Waals surface area contributed by atoms with E-state index < -0.39 is 17.4 Å². The Bertz CT molecular complexity index is 677. The normalized spacial score (nSPS) is 18.8. The number of halogens is 1. The fraction of sp³-hybridized carbons (Fsp3) is 0.529. The van der Waals surface area contributed by atoms with Gasteiger partial charge < -0.3 is 20.1 Å². The van der Waals surface area contributed by atoms with Gasteiger partial charge in [0.05, 0.1) is 36.2 Å². The fourth-order valence-electron chi connectivity index (χ4n) is 2.91. The summed E-state index contributed by atoms with van der Waals surface area (Å²) in [5.41, 5.74) is 0.00461. The molecule has 1 heterocycles. The molecule has 0 bridgehead atoms. The highest BCUT2D eigenvalue weighted by Gasteiger charge is 2.38. The maximum atomic E-state index is 14.2. The summed E-state index contributed by atoms with van der Waals surface area (Å²) in [6.45, 7) is 2.55. The number of ketones is 1. The van der Waals surface area contributed by atoms with E-state index in [4.69, 9.17) is 0 Å². The molecule has 1 aliphatic heterocycles. The zero-order valence-corrected chi connectivity index (χ0v) is 13.8. The molecular formula is C17H21FN2O4. The van der Waals surface area contributed by atoms with E-state index in [1.165, 1.54) is 19.2 Å². The number of nitrogens with zero attached hydrogens (tertiary/aromatic N) is 1. The smallest absolute Gasteiger partial charge is 0.340 e. The molecule has 130 valence electrons. The lowest BCUT2D eigenvalue weighted by Crippen LogP contribution is -2.60. The van der Waals surface area contributed by atoms with Crippen molar-refractivity contribution in [2.45, 2.75) is 25.4 Å². The molecule has 0 spiro atoms. The van der Waals surface area contributed by atoms with Crippen LogP contribution in [0.4, 0.5) is 15.8 Å². The molecule has 0 radical (unpaired) electrons. The summed E-state index contributed by atoms with van der Waals surface area (Å²) in [7, 11) is 1.19. The number of β-amino-alcohol motifs (C(OH)–C–C–N with tert-alkyl or cyclic N) is 1. The Kier molecular flexibility index (Phi) is 4.21. The quantitative estimate of drug-likeness (QED) is 0.768. The number of hydrogen-bond donors (Lipinski definition) is 2. The molecule has 1 aromatic rings. The van der Waals surface area contributed by atoms with Gasteiger partial charge in [0, 0.05) is 25.1 Å². The molecule has 2 N–H and O–H groups in total. The van der Waals surface area contributed by atoms with Crippen LogP contribution in [0.5, 0.6) is 0 Å². The number of Topliss-reactive ketones (excluding diaryl/α,β-unsaturated/α-hetero) is 1. The number of anilines is 2. The number of carbonyl (C=O) groups is 2. The molecule has 0 aromatic heterocycles. The third-order valence-corrected chi connectivity index (χ3v) is 4.38. The minimum atomic E-state index is -0.821. The van der Waals surface area contributed by atoms with Gasteiger partial charge in [-0.25, -0.2) is 9.18 Å². The van der Waals surface area contributed by atoms with Gasteiger partial charge in [0.15, 0.2) is 5.78 Å². The highest BCUT2D eigenvalue weighted by molar-refractivity contribution is 5.94. The number of ether oxygens (including phenoxy) is 1. The van der Waals surface area contributed by atoms with Crippen molar-refractivity contribution in [2.75, 3.05) is 37.0 Å². The Labute approximate surface area is 139 Å². The molecule has 1 saturated carbocycles. The minimum absolute atomic E-state index is 0.112. The average molecular weight is 336 g/mol. The third kappa shape index (κ3) is 3.36. The number of esters is 1. The van der Waals surface area contributed by atoms with Gasteiger partial charge in [-0.3, -0.25) is 4.79 Å². The summed E-state index contributed by atoms with van der Waals surface area (Å²) >= 11 is 0. The molecule has 1 aliphatic carbocycles. The van der Waals surface area contributed by atoms with E-state index in [0.717, 1.165) is 12.8 Å². The minimum Gasteiger partial charge on any atom is -0.465 e. The van der Waals surface area contributed by atoms with Gasteiger partial charge in [0.25, 0.3) is 0 Å². The maximum Gasteiger partial charge on any atom is 0.340 e. The van der Waals surface area contributed by atoms with Gasteiger partial charge in [-0.15, -0.1) is 0 Å². The molecule has 0 atom stereocenters. The average Bonchev–Trinajstić information content (AvgIpc) is 3.34. The number of nitrogens with one attached hydrogen (secondary N) is 1. The van der Waals surface area contributed by atoms with E-state index in [-0.39, 0.29) is 23.8 Å². The molecule has 0 amide bonds. The number of aliphatic hydroxyl groups is 1. The van der Waals surface area contributed by atoms with Crippen molar-refractivity contribution in [3.05, 3.63) is 23.5 Å². The Morgan fingerprint density at radius 3 is 2.62 bits per heavy atom. The summed E-state index contributed by atoms with van der Waals surface area (Å²) in [4.78, 5) is 25.4. The van der Waals surface area contributed by atoms with Crippen LogP contribution in [0.15, 0.2) is 12.1 Å². The van der Waals surface area contributed by atoms with Gasteiger partial charge in [-0.1, -0.05) is 0 Å². The number of methoxy groups -OCH3 is 1. The van der Waals surface area contributed by atoms with Crippen molar-refractivity contribution in [2.24, 2.45) is 5.92 Å². The zero-order chi connectivity index (χ0) is 17.5. The molecule has 2 fully saturated rings. The number of benzene rings is 1. The first kappa shape index (κ1) is 16.7. The van der Waals surface area contributed by atoms with Crippen molar-refractivity contribution in [1.82, 2.24) is 0 Å². The maximum absolute atomic E-state index is 14.2. The van der Waals surface area contributed by atoms with Gasteiger partial charge in [-0.05, 0) is 25.8 Å². The SMILES string of the molecule is COC(=O)c1cc(NCC(=O)C2CC2)c(N2CC(C)(O)C2)cc1F. The Balaban J connectivity index is 1.85. The lowest BCUT2D eigenvalue weighted by Gasteiger charge is -2.46. The monoisotopic (exact) mass is 336 g/mol. The van der Waals surface area contributed by atoms with E-state index in [2.05, 4.69) is 10.1 Å². The summed E-state index contributed by atoms with van der Waals surface area (Å²) in [6.07, 6.45) is 1.83. The van der Waals surface area contributed by atoms with Crippen molar-refractivity contribution in [3.63, 3.8) is 0 Å². The second kappa shape index (κ2) is 6.05. The van der Waals surface area contributed by atoms with E-state index in [0.29, 0.717) is 24.5 Å². The standard InChI is InChI=1S/C17H21FN2O4/c1-17(23)8-20(9-17)14-6-12(18)11(16(22)24-2)5-13(14)19-7-15(21)10-3-4-10/h5-6,10,19,23H,3-4,7-9H2,1-2H3. The van der Waals surface area contributed by atoms with Crippen LogP contribution in [0.3, 0.4) is 0 Å². The Morgan fingerprint density at radius 1 is 1.42 bits per heavy atom.